The van der Waals surface area contributed by atoms with Crippen molar-refractivity contribution in [1.29, 1.82) is 0 Å². The number of aromatic hydroxyl groups is 2. The molecule has 1 aromatic heterocycles. The van der Waals surface area contributed by atoms with E-state index in [2.05, 4.69) is 0 Å². The van der Waals surface area contributed by atoms with Crippen LogP contribution >= 0.6 is 0 Å². The number of furan rings is 1. The van der Waals surface area contributed by atoms with E-state index in [1.54, 1.807) is 25.3 Å². The van der Waals surface area contributed by atoms with Gasteiger partial charge >= 0.3 is 0 Å². The maximum atomic E-state index is 11.0. The topological polar surface area (TPSA) is 90.5 Å². The van der Waals surface area contributed by atoms with Crippen molar-refractivity contribution in [1.82, 2.24) is 0 Å². The van der Waals surface area contributed by atoms with Crippen LogP contribution in [-0.4, -0.2) is 31.0 Å². The molecule has 196 valence electrons. The lowest BCUT2D eigenvalue weighted by atomic mass is 9.87. The minimum atomic E-state index is -0.235. The van der Waals surface area contributed by atoms with E-state index < -0.39 is 0 Å². The Morgan fingerprint density at radius 3 is 2.49 bits per heavy atom. The van der Waals surface area contributed by atoms with Crippen LogP contribution in [0.25, 0.3) is 22.1 Å². The first-order valence-electron chi connectivity index (χ1n) is 12.8. The van der Waals surface area contributed by atoms with E-state index in [0.717, 1.165) is 39.1 Å². The highest BCUT2D eigenvalue weighted by Gasteiger charge is 2.42. The SMILES string of the molecule is COc1ccc2c(c1)O[C@H]1c3ccc(O)c(Cc4oc5cc(OC)c(O)cc5c4-c4ccccc4)c3OC[C@@H]21. The van der Waals surface area contributed by atoms with Crippen LogP contribution in [0, 0.1) is 0 Å². The van der Waals surface area contributed by atoms with Crippen LogP contribution in [0.5, 0.6) is 34.5 Å². The largest absolute Gasteiger partial charge is 0.508 e. The maximum absolute atomic E-state index is 11.0. The molecule has 0 amide bonds. The molecule has 0 radical (unpaired) electrons. The Kier molecular flexibility index (Phi) is 5.33. The molecule has 4 aromatic carbocycles. The number of hydrogen-bond acceptors (Lipinski definition) is 7. The molecule has 7 heteroatoms. The van der Waals surface area contributed by atoms with Crippen LogP contribution < -0.4 is 18.9 Å². The Bertz CT molecular complexity index is 1720. The second-order valence-electron chi connectivity index (χ2n) is 9.80. The van der Waals surface area contributed by atoms with Crippen molar-refractivity contribution >= 4 is 11.0 Å². The first kappa shape index (κ1) is 23.3. The molecule has 2 N–H and O–H groups in total. The third-order valence-corrected chi connectivity index (χ3v) is 7.68. The van der Waals surface area contributed by atoms with Gasteiger partial charge in [0, 0.05) is 46.2 Å². The molecule has 0 saturated carbocycles. The lowest BCUT2D eigenvalue weighted by Crippen LogP contribution is -2.24. The zero-order valence-electron chi connectivity index (χ0n) is 21.4. The fourth-order valence-electron chi connectivity index (χ4n) is 5.80. The van der Waals surface area contributed by atoms with Gasteiger partial charge in [0.15, 0.2) is 11.5 Å². The molecule has 0 unspecified atom stereocenters. The van der Waals surface area contributed by atoms with E-state index in [1.807, 2.05) is 54.6 Å². The first-order valence-corrected chi connectivity index (χ1v) is 12.8. The van der Waals surface area contributed by atoms with Crippen molar-refractivity contribution in [2.24, 2.45) is 0 Å². The predicted molar refractivity (Wildman–Crippen MR) is 145 cm³/mol. The molecule has 7 rings (SSSR count). The summed E-state index contributed by atoms with van der Waals surface area (Å²) in [5, 5.41) is 22.3. The average Bonchev–Trinajstić information content (AvgIpc) is 3.51. The number of benzene rings is 4. The summed E-state index contributed by atoms with van der Waals surface area (Å²) < 4.78 is 29.8. The van der Waals surface area contributed by atoms with Gasteiger partial charge in [-0.2, -0.15) is 0 Å². The van der Waals surface area contributed by atoms with E-state index in [1.165, 1.54) is 7.11 Å². The minimum Gasteiger partial charge on any atom is -0.508 e. The summed E-state index contributed by atoms with van der Waals surface area (Å²) in [6.45, 7) is 0.421. The second kappa shape index (κ2) is 8.91. The highest BCUT2D eigenvalue weighted by Crippen LogP contribution is 2.54. The lowest BCUT2D eigenvalue weighted by molar-refractivity contribution is 0.138. The molecule has 2 atom stereocenters. The van der Waals surface area contributed by atoms with Crippen LogP contribution in [0.2, 0.25) is 0 Å². The second-order valence-corrected chi connectivity index (χ2v) is 9.80. The molecule has 2 aliphatic heterocycles. The zero-order valence-corrected chi connectivity index (χ0v) is 21.4. The van der Waals surface area contributed by atoms with Gasteiger partial charge in [0.05, 0.1) is 26.7 Å². The Labute approximate surface area is 224 Å². The van der Waals surface area contributed by atoms with Crippen molar-refractivity contribution in [3.8, 4) is 45.6 Å². The molecular weight excluding hydrogens is 496 g/mol. The van der Waals surface area contributed by atoms with Gasteiger partial charge in [0.2, 0.25) is 0 Å². The van der Waals surface area contributed by atoms with E-state index in [9.17, 15) is 10.2 Å². The highest BCUT2D eigenvalue weighted by atomic mass is 16.5. The van der Waals surface area contributed by atoms with E-state index in [0.29, 0.717) is 35.0 Å². The van der Waals surface area contributed by atoms with Gasteiger partial charge in [0.25, 0.3) is 0 Å². The van der Waals surface area contributed by atoms with Crippen molar-refractivity contribution in [2.45, 2.75) is 18.4 Å². The summed E-state index contributed by atoms with van der Waals surface area (Å²) in [5.74, 6) is 3.27. The van der Waals surface area contributed by atoms with E-state index in [-0.39, 0.29) is 29.9 Å². The fourth-order valence-corrected chi connectivity index (χ4v) is 5.80. The number of methoxy groups -OCH3 is 2. The van der Waals surface area contributed by atoms with Gasteiger partial charge in [-0.1, -0.05) is 36.4 Å². The molecule has 7 nitrogen and oxygen atoms in total. The lowest BCUT2D eigenvalue weighted by Gasteiger charge is -2.29. The number of rotatable bonds is 5. The number of phenolic OH excluding ortho intramolecular Hbond substituents is 2. The highest BCUT2D eigenvalue weighted by molar-refractivity contribution is 5.97. The normalized spacial score (nSPS) is 17.1. The molecule has 0 aliphatic carbocycles. The Balaban J connectivity index is 1.34. The minimum absolute atomic E-state index is 0.0263. The smallest absolute Gasteiger partial charge is 0.164 e. The average molecular weight is 523 g/mol. The van der Waals surface area contributed by atoms with Gasteiger partial charge < -0.3 is 33.6 Å². The van der Waals surface area contributed by atoms with Gasteiger partial charge in [-0.15, -0.1) is 0 Å². The van der Waals surface area contributed by atoms with Crippen molar-refractivity contribution in [3.63, 3.8) is 0 Å². The van der Waals surface area contributed by atoms with Crippen LogP contribution in [0.4, 0.5) is 0 Å². The zero-order chi connectivity index (χ0) is 26.7. The third-order valence-electron chi connectivity index (χ3n) is 7.68. The van der Waals surface area contributed by atoms with Crippen molar-refractivity contribution < 1.29 is 33.6 Å². The van der Waals surface area contributed by atoms with Gasteiger partial charge in [-0.25, -0.2) is 0 Å². The number of fused-ring (bicyclic) bond motifs is 6. The van der Waals surface area contributed by atoms with E-state index in [4.69, 9.17) is 23.4 Å². The summed E-state index contributed by atoms with van der Waals surface area (Å²) in [6.07, 6.45) is 0.0375. The van der Waals surface area contributed by atoms with Crippen molar-refractivity contribution in [2.75, 3.05) is 20.8 Å². The maximum Gasteiger partial charge on any atom is 0.164 e. The fraction of sp³-hybridized carbons (Fsp3) is 0.188. The van der Waals surface area contributed by atoms with Crippen LogP contribution in [0.1, 0.15) is 34.5 Å². The Morgan fingerprint density at radius 2 is 1.69 bits per heavy atom. The third kappa shape index (κ3) is 3.65. The molecule has 39 heavy (non-hydrogen) atoms. The molecule has 2 aliphatic rings. The Morgan fingerprint density at radius 1 is 0.872 bits per heavy atom. The molecule has 0 fully saturated rings. The standard InChI is InChI=1S/C32H26O7/c1-35-18-8-9-19-23-16-37-31-20(32(23)39-26(19)12-18)10-11-24(33)21(31)14-29-30(17-6-4-3-5-7-17)22-13-25(34)28(36-2)15-27(22)38-29/h3-13,15,23,32-34H,14,16H2,1-2H3/t23-,32-/m0/s1. The van der Waals surface area contributed by atoms with Crippen LogP contribution in [0.15, 0.2) is 77.2 Å². The summed E-state index contributed by atoms with van der Waals surface area (Å²) in [6, 6.07) is 22.6. The summed E-state index contributed by atoms with van der Waals surface area (Å²) in [5.41, 5.74) is 4.93. The summed E-state index contributed by atoms with van der Waals surface area (Å²) >= 11 is 0. The summed E-state index contributed by atoms with van der Waals surface area (Å²) in [7, 11) is 3.14. The van der Waals surface area contributed by atoms with Gasteiger partial charge in [-0.05, 0) is 29.8 Å². The van der Waals surface area contributed by atoms with Crippen LogP contribution in [0.3, 0.4) is 0 Å². The van der Waals surface area contributed by atoms with Crippen LogP contribution in [-0.2, 0) is 6.42 Å². The Hall–Kier alpha value is -4.78. The van der Waals surface area contributed by atoms with Crippen molar-refractivity contribution in [3.05, 3.63) is 95.2 Å². The van der Waals surface area contributed by atoms with Gasteiger partial charge in [0.1, 0.15) is 40.4 Å². The molecule has 3 heterocycles. The first-order chi connectivity index (χ1) is 19.1. The molecule has 0 saturated heterocycles. The molecule has 0 spiro atoms. The molecule has 0 bridgehead atoms. The number of phenols is 2. The van der Waals surface area contributed by atoms with E-state index >= 15 is 0 Å². The molecular formula is C32H26O7. The molecule has 5 aromatic rings. The number of ether oxygens (including phenoxy) is 4. The quantitative estimate of drug-likeness (QED) is 0.265. The monoisotopic (exact) mass is 522 g/mol. The number of hydrogen-bond donors (Lipinski definition) is 2. The van der Waals surface area contributed by atoms with Gasteiger partial charge in [-0.3, -0.25) is 0 Å². The summed E-state index contributed by atoms with van der Waals surface area (Å²) in [4.78, 5) is 0. The predicted octanol–water partition coefficient (Wildman–Crippen LogP) is 6.73.